The van der Waals surface area contributed by atoms with Crippen molar-refractivity contribution in [3.63, 3.8) is 0 Å². The lowest BCUT2D eigenvalue weighted by Crippen LogP contribution is -2.12. The highest BCUT2D eigenvalue weighted by atomic mass is 16.5. The zero-order valence-electron chi connectivity index (χ0n) is 13.4. The fraction of sp³-hybridized carbons (Fsp3) is 0.263. The number of aryl methyl sites for hydroxylation is 1. The molecule has 4 heteroatoms. The number of esters is 1. The molecule has 4 nitrogen and oxygen atoms in total. The van der Waals surface area contributed by atoms with E-state index in [1.807, 2.05) is 31.2 Å². The first-order valence-corrected chi connectivity index (χ1v) is 7.56. The zero-order chi connectivity index (χ0) is 16.7. The van der Waals surface area contributed by atoms with Crippen molar-refractivity contribution in [2.45, 2.75) is 26.9 Å². The van der Waals surface area contributed by atoms with Crippen molar-refractivity contribution in [1.82, 2.24) is 0 Å². The van der Waals surface area contributed by atoms with Crippen molar-refractivity contribution in [3.05, 3.63) is 65.2 Å². The van der Waals surface area contributed by atoms with Crippen LogP contribution in [0.4, 0.5) is 0 Å². The Bertz CT molecular complexity index is 691. The molecule has 120 valence electrons. The minimum absolute atomic E-state index is 0.262. The Balaban J connectivity index is 2.08. The second kappa shape index (κ2) is 8.13. The first-order valence-electron chi connectivity index (χ1n) is 7.56. The number of benzene rings is 2. The quantitative estimate of drug-likeness (QED) is 0.444. The van der Waals surface area contributed by atoms with Crippen molar-refractivity contribution in [3.8, 4) is 5.75 Å². The second-order valence-corrected chi connectivity index (χ2v) is 5.18. The number of para-hydroxylation sites is 1. The van der Waals surface area contributed by atoms with Gasteiger partial charge in [0.15, 0.2) is 5.78 Å². The summed E-state index contributed by atoms with van der Waals surface area (Å²) in [5.41, 5.74) is 2.57. The molecule has 0 amide bonds. The summed E-state index contributed by atoms with van der Waals surface area (Å²) in [7, 11) is 0. The van der Waals surface area contributed by atoms with E-state index in [1.54, 1.807) is 31.2 Å². The van der Waals surface area contributed by atoms with Gasteiger partial charge in [0.1, 0.15) is 18.8 Å². The summed E-state index contributed by atoms with van der Waals surface area (Å²) >= 11 is 0. The second-order valence-electron chi connectivity index (χ2n) is 5.18. The molecule has 0 saturated heterocycles. The molecule has 0 unspecified atom stereocenters. The highest BCUT2D eigenvalue weighted by Crippen LogP contribution is 2.21. The van der Waals surface area contributed by atoms with E-state index >= 15 is 0 Å². The van der Waals surface area contributed by atoms with E-state index < -0.39 is 5.97 Å². The number of Topliss-reactive ketones (excluding diaryl/α,β-unsaturated/α-hetero) is 1. The molecule has 0 radical (unpaired) electrons. The van der Waals surface area contributed by atoms with Gasteiger partial charge in [0.2, 0.25) is 0 Å². The van der Waals surface area contributed by atoms with Crippen LogP contribution in [0, 0.1) is 6.92 Å². The van der Waals surface area contributed by atoms with Gasteiger partial charge in [-0.05, 0) is 31.5 Å². The Morgan fingerprint density at radius 1 is 1.04 bits per heavy atom. The predicted molar refractivity (Wildman–Crippen MR) is 87.5 cm³/mol. The molecule has 23 heavy (non-hydrogen) atoms. The normalized spacial score (nSPS) is 10.2. The predicted octanol–water partition coefficient (Wildman–Crippen LogP) is 3.71. The SMILES string of the molecule is CCOC(=O)CC(=O)c1ccccc1OCc1cccc(C)c1. The third-order valence-corrected chi connectivity index (χ3v) is 3.27. The van der Waals surface area contributed by atoms with Gasteiger partial charge in [-0.3, -0.25) is 9.59 Å². The van der Waals surface area contributed by atoms with Crippen molar-refractivity contribution >= 4 is 11.8 Å². The van der Waals surface area contributed by atoms with E-state index in [2.05, 4.69) is 0 Å². The van der Waals surface area contributed by atoms with E-state index in [0.29, 0.717) is 17.9 Å². The smallest absolute Gasteiger partial charge is 0.313 e. The number of hydrogen-bond donors (Lipinski definition) is 0. The molecule has 0 aliphatic heterocycles. The Kier molecular flexibility index (Phi) is 5.92. The van der Waals surface area contributed by atoms with Gasteiger partial charge in [-0.15, -0.1) is 0 Å². The Morgan fingerprint density at radius 2 is 1.83 bits per heavy atom. The first kappa shape index (κ1) is 16.7. The maximum absolute atomic E-state index is 12.2. The molecule has 2 rings (SSSR count). The lowest BCUT2D eigenvalue weighted by atomic mass is 10.1. The molecule has 0 heterocycles. The molecule has 2 aromatic rings. The Morgan fingerprint density at radius 3 is 2.57 bits per heavy atom. The van der Waals surface area contributed by atoms with Crippen LogP contribution in [0.2, 0.25) is 0 Å². The molecule has 0 fully saturated rings. The van der Waals surface area contributed by atoms with Crippen LogP contribution in [0.5, 0.6) is 5.75 Å². The summed E-state index contributed by atoms with van der Waals surface area (Å²) in [5.74, 6) is -0.349. The van der Waals surface area contributed by atoms with Crippen molar-refractivity contribution < 1.29 is 19.1 Å². The molecule has 0 aromatic heterocycles. The van der Waals surface area contributed by atoms with Crippen LogP contribution in [-0.4, -0.2) is 18.4 Å². The summed E-state index contributed by atoms with van der Waals surface area (Å²) in [6, 6.07) is 14.9. The Labute approximate surface area is 136 Å². The van der Waals surface area contributed by atoms with Crippen LogP contribution < -0.4 is 4.74 Å². The average molecular weight is 312 g/mol. The van der Waals surface area contributed by atoms with Gasteiger partial charge in [0.05, 0.1) is 12.2 Å². The third kappa shape index (κ3) is 4.95. The minimum Gasteiger partial charge on any atom is -0.488 e. The molecule has 0 atom stereocenters. The molecule has 0 aliphatic rings. The van der Waals surface area contributed by atoms with Crippen molar-refractivity contribution in [2.75, 3.05) is 6.61 Å². The van der Waals surface area contributed by atoms with Crippen LogP contribution in [0.25, 0.3) is 0 Å². The van der Waals surface area contributed by atoms with Gasteiger partial charge in [-0.1, -0.05) is 42.0 Å². The zero-order valence-corrected chi connectivity index (χ0v) is 13.4. The molecule has 2 aromatic carbocycles. The molecular weight excluding hydrogens is 292 g/mol. The molecule has 0 N–H and O–H groups in total. The molecular formula is C19H20O4. The standard InChI is InChI=1S/C19H20O4/c1-3-22-19(21)12-17(20)16-9-4-5-10-18(16)23-13-15-8-6-7-14(2)11-15/h4-11H,3,12-13H2,1-2H3. The topological polar surface area (TPSA) is 52.6 Å². The maximum atomic E-state index is 12.2. The van der Waals surface area contributed by atoms with Crippen LogP contribution in [0.1, 0.15) is 34.8 Å². The fourth-order valence-corrected chi connectivity index (χ4v) is 2.22. The van der Waals surface area contributed by atoms with E-state index in [1.165, 1.54) is 0 Å². The van der Waals surface area contributed by atoms with Crippen LogP contribution in [0.15, 0.2) is 48.5 Å². The van der Waals surface area contributed by atoms with Crippen LogP contribution >= 0.6 is 0 Å². The van der Waals surface area contributed by atoms with E-state index in [9.17, 15) is 9.59 Å². The molecule has 0 bridgehead atoms. The number of rotatable bonds is 7. The van der Waals surface area contributed by atoms with Gasteiger partial charge in [0.25, 0.3) is 0 Å². The third-order valence-electron chi connectivity index (χ3n) is 3.27. The largest absolute Gasteiger partial charge is 0.488 e. The lowest BCUT2D eigenvalue weighted by molar-refractivity contribution is -0.141. The van der Waals surface area contributed by atoms with Gasteiger partial charge < -0.3 is 9.47 Å². The summed E-state index contributed by atoms with van der Waals surface area (Å²) in [4.78, 5) is 23.7. The fourth-order valence-electron chi connectivity index (χ4n) is 2.22. The van der Waals surface area contributed by atoms with Gasteiger partial charge in [-0.2, -0.15) is 0 Å². The van der Waals surface area contributed by atoms with Gasteiger partial charge in [0, 0.05) is 0 Å². The first-order chi connectivity index (χ1) is 11.1. The van der Waals surface area contributed by atoms with Gasteiger partial charge in [-0.25, -0.2) is 0 Å². The number of carbonyl (C=O) groups excluding carboxylic acids is 2. The minimum atomic E-state index is -0.522. The number of ether oxygens (including phenoxy) is 2. The molecule has 0 aliphatic carbocycles. The highest BCUT2D eigenvalue weighted by Gasteiger charge is 2.16. The van der Waals surface area contributed by atoms with Crippen molar-refractivity contribution in [1.29, 1.82) is 0 Å². The van der Waals surface area contributed by atoms with E-state index in [4.69, 9.17) is 9.47 Å². The van der Waals surface area contributed by atoms with Crippen molar-refractivity contribution in [2.24, 2.45) is 0 Å². The van der Waals surface area contributed by atoms with Crippen LogP contribution in [0.3, 0.4) is 0 Å². The number of carbonyl (C=O) groups is 2. The molecule has 0 spiro atoms. The summed E-state index contributed by atoms with van der Waals surface area (Å²) in [5, 5.41) is 0. The monoisotopic (exact) mass is 312 g/mol. The van der Waals surface area contributed by atoms with E-state index in [0.717, 1.165) is 11.1 Å². The highest BCUT2D eigenvalue weighted by molar-refractivity contribution is 6.07. The summed E-state index contributed by atoms with van der Waals surface area (Å²) in [6.45, 7) is 4.35. The number of hydrogen-bond acceptors (Lipinski definition) is 4. The number of ketones is 1. The van der Waals surface area contributed by atoms with Crippen LogP contribution in [-0.2, 0) is 16.1 Å². The Hall–Kier alpha value is -2.62. The summed E-state index contributed by atoms with van der Waals surface area (Å²) in [6.07, 6.45) is -0.279. The van der Waals surface area contributed by atoms with E-state index in [-0.39, 0.29) is 18.8 Å². The summed E-state index contributed by atoms with van der Waals surface area (Å²) < 4.78 is 10.6. The van der Waals surface area contributed by atoms with Gasteiger partial charge >= 0.3 is 5.97 Å². The molecule has 0 saturated carbocycles. The maximum Gasteiger partial charge on any atom is 0.313 e. The average Bonchev–Trinajstić information content (AvgIpc) is 2.53. The lowest BCUT2D eigenvalue weighted by Gasteiger charge is -2.11.